The van der Waals surface area contributed by atoms with Crippen molar-refractivity contribution in [2.45, 2.75) is 0 Å². The van der Waals surface area contributed by atoms with Gasteiger partial charge in [0.1, 0.15) is 11.8 Å². The monoisotopic (exact) mass is 135 g/mol. The van der Waals surface area contributed by atoms with E-state index in [1.54, 1.807) is 12.3 Å². The zero-order valence-corrected chi connectivity index (χ0v) is 5.11. The van der Waals surface area contributed by atoms with Crippen LogP contribution in [0, 0.1) is 5.41 Å². The van der Waals surface area contributed by atoms with E-state index in [2.05, 4.69) is 5.10 Å². The van der Waals surface area contributed by atoms with E-state index in [1.807, 2.05) is 0 Å². The first-order valence-electron chi connectivity index (χ1n) is 2.84. The lowest BCUT2D eigenvalue weighted by atomic mass is 10.3. The smallest absolute Gasteiger partial charge is 0.133 e. The Morgan fingerprint density at radius 1 is 1.70 bits per heavy atom. The normalized spacial score (nSPS) is 10.4. The largest absolute Gasteiger partial charge is 0.365 e. The zero-order chi connectivity index (χ0) is 6.97. The quantitative estimate of drug-likeness (QED) is 0.591. The first-order valence-corrected chi connectivity index (χ1v) is 2.84. The lowest BCUT2D eigenvalue weighted by Crippen LogP contribution is -1.77. The number of rotatable bonds is 1. The van der Waals surface area contributed by atoms with Crippen LogP contribution in [0.25, 0.3) is 5.52 Å². The van der Waals surface area contributed by atoms with Crippen LogP contribution in [0.1, 0.15) is 5.56 Å². The molecule has 0 atom stereocenters. The summed E-state index contributed by atoms with van der Waals surface area (Å²) in [6, 6.07) is 1.80. The molecule has 0 aliphatic heterocycles. The van der Waals surface area contributed by atoms with Gasteiger partial charge in [-0.15, -0.1) is 5.10 Å². The molecule has 0 spiro atoms. The molecule has 0 unspecified atom stereocenters. The highest BCUT2D eigenvalue weighted by atomic mass is 16.5. The number of aromatic nitrogens is 2. The molecule has 0 saturated heterocycles. The highest BCUT2D eigenvalue weighted by Gasteiger charge is 2.01. The van der Waals surface area contributed by atoms with E-state index >= 15 is 0 Å². The van der Waals surface area contributed by atoms with E-state index < -0.39 is 0 Å². The second-order valence-corrected chi connectivity index (χ2v) is 1.91. The van der Waals surface area contributed by atoms with Crippen molar-refractivity contribution in [3.05, 3.63) is 24.1 Å². The van der Waals surface area contributed by atoms with Gasteiger partial charge >= 0.3 is 0 Å². The SMILES string of the molecule is N=Cc1con2nccc12. The summed E-state index contributed by atoms with van der Waals surface area (Å²) in [6.07, 6.45) is 4.36. The summed E-state index contributed by atoms with van der Waals surface area (Å²) in [5, 5.41) is 10.8. The summed E-state index contributed by atoms with van der Waals surface area (Å²) in [4.78, 5) is 0. The first kappa shape index (κ1) is 5.22. The molecular formula is C6H5N3O. The molecule has 10 heavy (non-hydrogen) atoms. The van der Waals surface area contributed by atoms with E-state index in [9.17, 15) is 0 Å². The van der Waals surface area contributed by atoms with Crippen molar-refractivity contribution in [3.8, 4) is 0 Å². The molecule has 0 aliphatic carbocycles. The molecule has 4 heteroatoms. The van der Waals surface area contributed by atoms with Gasteiger partial charge in [-0.05, 0) is 6.07 Å². The van der Waals surface area contributed by atoms with Gasteiger partial charge in [0.2, 0.25) is 0 Å². The summed E-state index contributed by atoms with van der Waals surface area (Å²) in [5.41, 5.74) is 1.58. The third-order valence-electron chi connectivity index (χ3n) is 1.34. The summed E-state index contributed by atoms with van der Waals surface area (Å²) >= 11 is 0. The maximum Gasteiger partial charge on any atom is 0.133 e. The summed E-state index contributed by atoms with van der Waals surface area (Å²) < 4.78 is 6.31. The standard InChI is InChI=1S/C6H5N3O/c7-3-5-4-10-9-6(5)1-2-8-9/h1-4,7H. The van der Waals surface area contributed by atoms with E-state index in [-0.39, 0.29) is 0 Å². The van der Waals surface area contributed by atoms with Crippen LogP contribution in [0.4, 0.5) is 0 Å². The van der Waals surface area contributed by atoms with Crippen LogP contribution in [0.3, 0.4) is 0 Å². The van der Waals surface area contributed by atoms with Gasteiger partial charge in [0.05, 0.1) is 11.8 Å². The summed E-state index contributed by atoms with van der Waals surface area (Å²) in [5.74, 6) is 0. The number of nitrogens with zero attached hydrogens (tertiary/aromatic N) is 2. The van der Waals surface area contributed by atoms with Gasteiger partial charge in [-0.2, -0.15) is 0 Å². The van der Waals surface area contributed by atoms with E-state index in [1.165, 1.54) is 17.2 Å². The van der Waals surface area contributed by atoms with Gasteiger partial charge in [-0.3, -0.25) is 0 Å². The second-order valence-electron chi connectivity index (χ2n) is 1.91. The molecule has 0 aromatic carbocycles. The molecule has 0 aliphatic rings. The van der Waals surface area contributed by atoms with Gasteiger partial charge in [-0.25, -0.2) is 0 Å². The Bertz CT molecular complexity index is 360. The average molecular weight is 135 g/mol. The minimum Gasteiger partial charge on any atom is -0.365 e. The molecular weight excluding hydrogens is 130 g/mol. The molecule has 4 nitrogen and oxygen atoms in total. The number of nitrogens with one attached hydrogen (secondary N) is 1. The first-order chi connectivity index (χ1) is 4.92. The lowest BCUT2D eigenvalue weighted by Gasteiger charge is -1.75. The molecule has 0 fully saturated rings. The molecule has 2 rings (SSSR count). The van der Waals surface area contributed by atoms with Crippen LogP contribution >= 0.6 is 0 Å². The Morgan fingerprint density at radius 3 is 3.40 bits per heavy atom. The van der Waals surface area contributed by atoms with Gasteiger partial charge in [-0.1, -0.05) is 4.69 Å². The van der Waals surface area contributed by atoms with Gasteiger partial charge < -0.3 is 9.93 Å². The van der Waals surface area contributed by atoms with Crippen molar-refractivity contribution < 1.29 is 4.52 Å². The highest BCUT2D eigenvalue weighted by molar-refractivity contribution is 5.86. The topological polar surface area (TPSA) is 54.3 Å². The summed E-state index contributed by atoms with van der Waals surface area (Å²) in [7, 11) is 0. The average Bonchev–Trinajstić information content (AvgIpc) is 2.44. The van der Waals surface area contributed by atoms with Crippen LogP contribution in [-0.2, 0) is 0 Å². The van der Waals surface area contributed by atoms with E-state index in [4.69, 9.17) is 9.93 Å². The molecule has 2 aromatic heterocycles. The number of fused-ring (bicyclic) bond motifs is 1. The lowest BCUT2D eigenvalue weighted by molar-refractivity contribution is 0.338. The fraction of sp³-hybridized carbons (Fsp3) is 0. The molecule has 50 valence electrons. The van der Waals surface area contributed by atoms with E-state index in [0.717, 1.165) is 11.1 Å². The van der Waals surface area contributed by atoms with Crippen LogP contribution in [0.5, 0.6) is 0 Å². The Kier molecular flexibility index (Phi) is 0.887. The third-order valence-corrected chi connectivity index (χ3v) is 1.34. The Labute approximate surface area is 56.5 Å². The van der Waals surface area contributed by atoms with Crippen molar-refractivity contribution in [2.24, 2.45) is 0 Å². The maximum atomic E-state index is 6.96. The minimum atomic E-state index is 0.748. The zero-order valence-electron chi connectivity index (χ0n) is 5.11. The fourth-order valence-electron chi connectivity index (χ4n) is 0.856. The van der Waals surface area contributed by atoms with Crippen LogP contribution in [-0.4, -0.2) is 16.0 Å². The van der Waals surface area contributed by atoms with Crippen molar-refractivity contribution in [2.75, 3.05) is 0 Å². The van der Waals surface area contributed by atoms with Crippen molar-refractivity contribution in [1.29, 1.82) is 5.41 Å². The van der Waals surface area contributed by atoms with Crippen molar-refractivity contribution in [3.63, 3.8) is 0 Å². The minimum absolute atomic E-state index is 0.748. The summed E-state index contributed by atoms with van der Waals surface area (Å²) in [6.45, 7) is 0. The molecule has 1 N–H and O–H groups in total. The van der Waals surface area contributed by atoms with E-state index in [0.29, 0.717) is 0 Å². The van der Waals surface area contributed by atoms with Crippen molar-refractivity contribution in [1.82, 2.24) is 9.79 Å². The molecule has 2 heterocycles. The van der Waals surface area contributed by atoms with Gasteiger partial charge in [0.25, 0.3) is 0 Å². The fourth-order valence-corrected chi connectivity index (χ4v) is 0.856. The molecule has 0 saturated carbocycles. The van der Waals surface area contributed by atoms with Gasteiger partial charge in [0, 0.05) is 6.21 Å². The predicted molar refractivity (Wildman–Crippen MR) is 35.3 cm³/mol. The Morgan fingerprint density at radius 2 is 2.60 bits per heavy atom. The Hall–Kier alpha value is -1.58. The highest BCUT2D eigenvalue weighted by Crippen LogP contribution is 2.07. The Balaban J connectivity index is 2.88. The predicted octanol–water partition coefficient (Wildman–Crippen LogP) is 0.925. The second kappa shape index (κ2) is 1.70. The van der Waals surface area contributed by atoms with Crippen LogP contribution < -0.4 is 0 Å². The van der Waals surface area contributed by atoms with Crippen LogP contribution in [0.2, 0.25) is 0 Å². The van der Waals surface area contributed by atoms with Crippen molar-refractivity contribution >= 4 is 11.7 Å². The molecule has 0 bridgehead atoms. The van der Waals surface area contributed by atoms with Gasteiger partial charge in [0.15, 0.2) is 0 Å². The third kappa shape index (κ3) is 0.500. The molecule has 0 radical (unpaired) electrons. The maximum absolute atomic E-state index is 6.96. The number of hydrogen-bond donors (Lipinski definition) is 1. The molecule has 2 aromatic rings. The van der Waals surface area contributed by atoms with Crippen LogP contribution in [0.15, 0.2) is 23.0 Å². The number of hydrogen-bond acceptors (Lipinski definition) is 3. The molecule has 0 amide bonds.